The van der Waals surface area contributed by atoms with Crippen LogP contribution in [0.1, 0.15) is 47.0 Å². The van der Waals surface area contributed by atoms with E-state index in [4.69, 9.17) is 0 Å². The zero-order valence-corrected chi connectivity index (χ0v) is 11.9. The van der Waals surface area contributed by atoms with Gasteiger partial charge in [-0.3, -0.25) is 0 Å². The molecule has 1 radical (unpaired) electrons. The van der Waals surface area contributed by atoms with Gasteiger partial charge in [0, 0.05) is 32.7 Å². The molecule has 0 aliphatic heterocycles. The van der Waals surface area contributed by atoms with Gasteiger partial charge in [-0.25, -0.2) is 0 Å². The van der Waals surface area contributed by atoms with Crippen LogP contribution in [-0.2, 0) is 32.7 Å². The average molecular weight is 243 g/mol. The molecular formula is C11H22Y-2. The summed E-state index contributed by atoms with van der Waals surface area (Å²) in [5, 5.41) is 0. The number of hydrogen-bond donors (Lipinski definition) is 0. The summed E-state index contributed by atoms with van der Waals surface area (Å²) in [4.78, 5) is 0. The van der Waals surface area contributed by atoms with Crippen LogP contribution in [0.3, 0.4) is 0 Å². The molecule has 0 aromatic heterocycles. The van der Waals surface area contributed by atoms with E-state index in [9.17, 15) is 0 Å². The van der Waals surface area contributed by atoms with Crippen LogP contribution >= 0.6 is 0 Å². The third-order valence-electron chi connectivity index (χ3n) is 2.27. The summed E-state index contributed by atoms with van der Waals surface area (Å²) in [6, 6.07) is 0. The van der Waals surface area contributed by atoms with Crippen molar-refractivity contribution in [1.29, 1.82) is 0 Å². The van der Waals surface area contributed by atoms with Crippen LogP contribution in [0.5, 0.6) is 0 Å². The molecule has 0 aromatic carbocycles. The molecule has 0 aromatic rings. The van der Waals surface area contributed by atoms with Crippen LogP contribution in [-0.4, -0.2) is 0 Å². The van der Waals surface area contributed by atoms with E-state index < -0.39 is 0 Å². The van der Waals surface area contributed by atoms with Crippen LogP contribution in [0.4, 0.5) is 0 Å². The monoisotopic (exact) mass is 243 g/mol. The molecule has 71 valence electrons. The van der Waals surface area contributed by atoms with E-state index in [1.54, 1.807) is 0 Å². The molecule has 0 nitrogen and oxygen atoms in total. The molecule has 0 amide bonds. The zero-order valence-electron chi connectivity index (χ0n) is 9.06. The standard InChI is InChI=1S/C11H22.Y/c1-6-7-8-9-10(2)11(3,4)5;/h6,10H,2,7-9H2,1,3-5H3;/q-2;. The first-order valence-electron chi connectivity index (χ1n) is 4.59. The van der Waals surface area contributed by atoms with Gasteiger partial charge < -0.3 is 13.3 Å². The molecule has 1 atom stereocenters. The first kappa shape index (κ1) is 15.6. The minimum atomic E-state index is 0. The Morgan fingerprint density at radius 2 is 1.83 bits per heavy atom. The van der Waals surface area contributed by atoms with Gasteiger partial charge in [-0.15, -0.1) is 0 Å². The molecule has 0 spiro atoms. The Kier molecular flexibility index (Phi) is 9.73. The fraction of sp³-hybridized carbons (Fsp3) is 0.818. The van der Waals surface area contributed by atoms with Crippen LogP contribution in [0.25, 0.3) is 0 Å². The van der Waals surface area contributed by atoms with Crippen molar-refractivity contribution >= 4 is 0 Å². The summed E-state index contributed by atoms with van der Waals surface area (Å²) in [7, 11) is 0. The maximum absolute atomic E-state index is 4.17. The topological polar surface area (TPSA) is 0 Å². The van der Waals surface area contributed by atoms with E-state index in [1.807, 2.05) is 0 Å². The maximum Gasteiger partial charge on any atom is 0 e. The van der Waals surface area contributed by atoms with E-state index in [2.05, 4.69) is 41.0 Å². The quantitative estimate of drug-likeness (QED) is 0.519. The summed E-state index contributed by atoms with van der Waals surface area (Å²) in [5.41, 5.74) is 0.383. The molecule has 12 heavy (non-hydrogen) atoms. The number of unbranched alkanes of at least 4 members (excludes halogenated alkanes) is 2. The molecular weight excluding hydrogens is 221 g/mol. The fourth-order valence-electron chi connectivity index (χ4n) is 1.00. The van der Waals surface area contributed by atoms with E-state index in [1.165, 1.54) is 19.3 Å². The van der Waals surface area contributed by atoms with Crippen molar-refractivity contribution in [2.45, 2.75) is 47.0 Å². The molecule has 0 aliphatic carbocycles. The first-order chi connectivity index (χ1) is 4.98. The summed E-state index contributed by atoms with van der Waals surface area (Å²) in [6.07, 6.45) is 6.02. The van der Waals surface area contributed by atoms with Crippen molar-refractivity contribution in [2.24, 2.45) is 11.3 Å². The van der Waals surface area contributed by atoms with Crippen molar-refractivity contribution in [3.05, 3.63) is 13.3 Å². The van der Waals surface area contributed by atoms with Gasteiger partial charge in [0.2, 0.25) is 0 Å². The van der Waals surface area contributed by atoms with Gasteiger partial charge in [0.1, 0.15) is 0 Å². The summed E-state index contributed by atoms with van der Waals surface area (Å²) >= 11 is 0. The van der Waals surface area contributed by atoms with Gasteiger partial charge in [0.15, 0.2) is 0 Å². The van der Waals surface area contributed by atoms with Gasteiger partial charge in [-0.1, -0.05) is 39.0 Å². The second kappa shape index (κ2) is 7.50. The normalized spacial score (nSPS) is 13.8. The summed E-state index contributed by atoms with van der Waals surface area (Å²) in [5.74, 6) is 0.599. The average Bonchev–Trinajstić information content (AvgIpc) is 1.86. The number of rotatable bonds is 4. The van der Waals surface area contributed by atoms with Crippen molar-refractivity contribution in [3.63, 3.8) is 0 Å². The third kappa shape index (κ3) is 7.74. The second-order valence-electron chi connectivity index (χ2n) is 4.40. The molecule has 0 bridgehead atoms. The van der Waals surface area contributed by atoms with Gasteiger partial charge in [0.05, 0.1) is 0 Å². The molecule has 0 saturated carbocycles. The Balaban J connectivity index is 0. The largest absolute Gasteiger partial charge is 0.340 e. The van der Waals surface area contributed by atoms with E-state index in [0.29, 0.717) is 11.3 Å². The van der Waals surface area contributed by atoms with Gasteiger partial charge in [-0.2, -0.15) is 19.3 Å². The van der Waals surface area contributed by atoms with Gasteiger partial charge >= 0.3 is 0 Å². The second-order valence-corrected chi connectivity index (χ2v) is 4.40. The maximum atomic E-state index is 4.17. The fourth-order valence-corrected chi connectivity index (χ4v) is 1.00. The predicted molar refractivity (Wildman–Crippen MR) is 52.1 cm³/mol. The SMILES string of the molecule is [CH2-]C(CCC[CH-]C)C(C)(C)C.[Y]. The van der Waals surface area contributed by atoms with Crippen LogP contribution < -0.4 is 0 Å². The minimum Gasteiger partial charge on any atom is -0.340 e. The van der Waals surface area contributed by atoms with Gasteiger partial charge in [-0.05, 0) is 0 Å². The van der Waals surface area contributed by atoms with E-state index in [0.717, 1.165) is 0 Å². The Hall–Kier alpha value is 1.10. The smallest absolute Gasteiger partial charge is 0 e. The Bertz CT molecular complexity index is 91.7. The van der Waals surface area contributed by atoms with E-state index in [-0.39, 0.29) is 32.7 Å². The van der Waals surface area contributed by atoms with Crippen LogP contribution in [0.15, 0.2) is 0 Å². The van der Waals surface area contributed by atoms with E-state index >= 15 is 0 Å². The third-order valence-corrected chi connectivity index (χ3v) is 2.27. The molecule has 1 unspecified atom stereocenters. The Labute approximate surface area is 104 Å². The Morgan fingerprint density at radius 3 is 2.17 bits per heavy atom. The molecule has 1 heteroatoms. The molecule has 0 N–H and O–H groups in total. The van der Waals surface area contributed by atoms with Crippen molar-refractivity contribution in [1.82, 2.24) is 0 Å². The van der Waals surface area contributed by atoms with Gasteiger partial charge in [0.25, 0.3) is 0 Å². The molecule has 0 heterocycles. The van der Waals surface area contributed by atoms with Crippen molar-refractivity contribution in [2.75, 3.05) is 0 Å². The first-order valence-corrected chi connectivity index (χ1v) is 4.59. The molecule has 0 aliphatic rings. The minimum absolute atomic E-state index is 0. The van der Waals surface area contributed by atoms with Crippen molar-refractivity contribution in [3.8, 4) is 0 Å². The van der Waals surface area contributed by atoms with Crippen molar-refractivity contribution < 1.29 is 32.7 Å². The Morgan fingerprint density at radius 1 is 1.33 bits per heavy atom. The molecule has 0 fully saturated rings. The molecule has 0 saturated heterocycles. The van der Waals surface area contributed by atoms with Crippen LogP contribution in [0.2, 0.25) is 0 Å². The summed E-state index contributed by atoms with van der Waals surface area (Å²) in [6.45, 7) is 13.1. The van der Waals surface area contributed by atoms with Crippen LogP contribution in [0, 0.1) is 24.7 Å². The predicted octanol–water partition coefficient (Wildman–Crippen LogP) is 3.87. The molecule has 0 rings (SSSR count). The number of hydrogen-bond acceptors (Lipinski definition) is 0. The summed E-state index contributed by atoms with van der Waals surface area (Å²) < 4.78 is 0. The zero-order chi connectivity index (χ0) is 8.91.